The second-order valence-electron chi connectivity index (χ2n) is 5.51. The predicted octanol–water partition coefficient (Wildman–Crippen LogP) is 2.82. The van der Waals surface area contributed by atoms with Crippen molar-refractivity contribution in [1.29, 1.82) is 0 Å². The van der Waals surface area contributed by atoms with Crippen LogP contribution in [0, 0.1) is 11.6 Å². The molecule has 136 valence electrons. The Labute approximate surface area is 153 Å². The third-order valence-electron chi connectivity index (χ3n) is 3.84. The van der Waals surface area contributed by atoms with Gasteiger partial charge in [-0.05, 0) is 18.2 Å². The molecule has 1 amide bonds. The highest BCUT2D eigenvalue weighted by molar-refractivity contribution is 6.29. The fraction of sp³-hybridized carbons (Fsp3) is 0.176. The van der Waals surface area contributed by atoms with Crippen LogP contribution in [0.3, 0.4) is 0 Å². The monoisotopic (exact) mass is 380 g/mol. The van der Waals surface area contributed by atoms with Crippen molar-refractivity contribution in [2.75, 3.05) is 19.5 Å². The summed E-state index contributed by atoms with van der Waals surface area (Å²) < 4.78 is 32.7. The molecule has 1 aromatic carbocycles. The summed E-state index contributed by atoms with van der Waals surface area (Å²) in [5.41, 5.74) is 3.63. The molecule has 0 fully saturated rings. The smallest absolute Gasteiger partial charge is 0.247 e. The summed E-state index contributed by atoms with van der Waals surface area (Å²) in [7, 11) is 3.18. The van der Waals surface area contributed by atoms with Crippen LogP contribution in [0.4, 0.5) is 14.5 Å². The molecular formula is C17H15ClF2N4O2. The molecule has 0 saturated heterocycles. The first kappa shape index (κ1) is 18.1. The lowest BCUT2D eigenvalue weighted by Crippen LogP contribution is -2.41. The number of hydrazine groups is 1. The predicted molar refractivity (Wildman–Crippen MR) is 93.5 cm³/mol. The van der Waals surface area contributed by atoms with Crippen LogP contribution < -0.4 is 15.5 Å². The Bertz CT molecular complexity index is 871. The van der Waals surface area contributed by atoms with E-state index in [4.69, 9.17) is 16.3 Å². The lowest BCUT2D eigenvalue weighted by molar-refractivity contribution is -0.117. The first-order chi connectivity index (χ1) is 12.4. The van der Waals surface area contributed by atoms with Crippen molar-refractivity contribution < 1.29 is 18.3 Å². The number of methoxy groups -OCH3 is 1. The van der Waals surface area contributed by atoms with Gasteiger partial charge in [0.25, 0.3) is 0 Å². The van der Waals surface area contributed by atoms with Crippen molar-refractivity contribution in [1.82, 2.24) is 15.4 Å². The molecule has 1 aliphatic heterocycles. The second-order valence-corrected chi connectivity index (χ2v) is 5.90. The number of carbonyl (C=O) groups excluding carboxylic acids is 1. The van der Waals surface area contributed by atoms with Gasteiger partial charge in [-0.3, -0.25) is 4.79 Å². The van der Waals surface area contributed by atoms with E-state index in [1.807, 2.05) is 0 Å². The molecule has 0 saturated carbocycles. The number of para-hydroxylation sites is 1. The van der Waals surface area contributed by atoms with Gasteiger partial charge in [-0.25, -0.2) is 19.2 Å². The SMILES string of the molecule is COc1cc(Cl)ncc1C1=CC(C(=O)Nc2c(F)cccc2F)NN1C. The zero-order chi connectivity index (χ0) is 18.8. The number of nitrogens with one attached hydrogen (secondary N) is 2. The summed E-state index contributed by atoms with van der Waals surface area (Å²) in [5.74, 6) is -1.84. The molecular weight excluding hydrogens is 366 g/mol. The number of carbonyl (C=O) groups is 1. The van der Waals surface area contributed by atoms with Crippen LogP contribution in [-0.2, 0) is 4.79 Å². The van der Waals surface area contributed by atoms with Gasteiger partial charge in [0.1, 0.15) is 34.3 Å². The van der Waals surface area contributed by atoms with Crippen molar-refractivity contribution in [3.8, 4) is 5.75 Å². The maximum Gasteiger partial charge on any atom is 0.247 e. The summed E-state index contributed by atoms with van der Waals surface area (Å²) in [6.07, 6.45) is 3.11. The van der Waals surface area contributed by atoms with Crippen molar-refractivity contribution in [2.24, 2.45) is 0 Å². The zero-order valence-electron chi connectivity index (χ0n) is 13.9. The molecule has 0 radical (unpaired) electrons. The van der Waals surface area contributed by atoms with Crippen LogP contribution in [0.25, 0.3) is 5.70 Å². The lowest BCUT2D eigenvalue weighted by Gasteiger charge is -2.19. The van der Waals surface area contributed by atoms with Crippen LogP contribution in [0.15, 0.2) is 36.5 Å². The molecule has 1 atom stereocenters. The van der Waals surface area contributed by atoms with E-state index in [-0.39, 0.29) is 5.15 Å². The van der Waals surface area contributed by atoms with E-state index in [1.165, 1.54) is 19.4 Å². The van der Waals surface area contributed by atoms with E-state index in [0.29, 0.717) is 17.0 Å². The van der Waals surface area contributed by atoms with Crippen molar-refractivity contribution in [3.05, 3.63) is 58.9 Å². The summed E-state index contributed by atoms with van der Waals surface area (Å²) >= 11 is 5.86. The molecule has 0 spiro atoms. The fourth-order valence-electron chi connectivity index (χ4n) is 2.58. The molecule has 0 aliphatic carbocycles. The maximum atomic E-state index is 13.7. The molecule has 1 aliphatic rings. The van der Waals surface area contributed by atoms with Gasteiger partial charge in [-0.1, -0.05) is 17.7 Å². The number of halogens is 3. The Balaban J connectivity index is 1.86. The largest absolute Gasteiger partial charge is 0.496 e. The first-order valence-electron chi connectivity index (χ1n) is 7.57. The minimum atomic E-state index is -0.850. The van der Waals surface area contributed by atoms with E-state index < -0.39 is 29.3 Å². The highest BCUT2D eigenvalue weighted by atomic mass is 35.5. The van der Waals surface area contributed by atoms with Gasteiger partial charge >= 0.3 is 0 Å². The minimum Gasteiger partial charge on any atom is -0.496 e. The topological polar surface area (TPSA) is 66.5 Å². The number of pyridine rings is 1. The quantitative estimate of drug-likeness (QED) is 0.798. The minimum absolute atomic E-state index is 0.268. The van der Waals surface area contributed by atoms with Gasteiger partial charge in [0.05, 0.1) is 18.4 Å². The molecule has 3 rings (SSSR count). The standard InChI is InChI=1S/C17H15ClF2N4O2/c1-24-13(9-8-21-15(18)7-14(9)26-2)6-12(23-24)17(25)22-16-10(19)4-3-5-11(16)20/h3-8,12,23H,1-2H3,(H,22,25). The van der Waals surface area contributed by atoms with Gasteiger partial charge in [0, 0.05) is 19.3 Å². The van der Waals surface area contributed by atoms with Crippen LogP contribution in [-0.4, -0.2) is 36.1 Å². The van der Waals surface area contributed by atoms with Gasteiger partial charge < -0.3 is 15.1 Å². The van der Waals surface area contributed by atoms with Crippen LogP contribution >= 0.6 is 11.6 Å². The van der Waals surface area contributed by atoms with E-state index in [9.17, 15) is 13.6 Å². The number of ether oxygens (including phenoxy) is 1. The highest BCUT2D eigenvalue weighted by Gasteiger charge is 2.29. The maximum absolute atomic E-state index is 13.7. The average molecular weight is 381 g/mol. The number of hydrogen-bond acceptors (Lipinski definition) is 5. The Hall–Kier alpha value is -2.71. The van der Waals surface area contributed by atoms with Crippen molar-refractivity contribution >= 4 is 28.9 Å². The summed E-state index contributed by atoms with van der Waals surface area (Å²) in [4.78, 5) is 16.4. The second kappa shape index (κ2) is 7.27. The molecule has 2 heterocycles. The molecule has 9 heteroatoms. The Morgan fingerprint density at radius 3 is 2.73 bits per heavy atom. The Morgan fingerprint density at radius 2 is 2.08 bits per heavy atom. The first-order valence-corrected chi connectivity index (χ1v) is 7.95. The number of rotatable bonds is 4. The molecule has 2 aromatic rings. The van der Waals surface area contributed by atoms with Crippen molar-refractivity contribution in [2.45, 2.75) is 6.04 Å². The van der Waals surface area contributed by atoms with E-state index >= 15 is 0 Å². The lowest BCUT2D eigenvalue weighted by atomic mass is 10.1. The number of amides is 1. The van der Waals surface area contributed by atoms with E-state index in [2.05, 4.69) is 15.7 Å². The molecule has 2 N–H and O–H groups in total. The number of anilines is 1. The van der Waals surface area contributed by atoms with E-state index in [0.717, 1.165) is 12.1 Å². The van der Waals surface area contributed by atoms with E-state index in [1.54, 1.807) is 24.2 Å². The van der Waals surface area contributed by atoms with Crippen LogP contribution in [0.5, 0.6) is 5.75 Å². The van der Waals surface area contributed by atoms with Gasteiger partial charge in [-0.2, -0.15) is 0 Å². The van der Waals surface area contributed by atoms with Gasteiger partial charge in [0.15, 0.2) is 0 Å². The number of benzene rings is 1. The summed E-state index contributed by atoms with van der Waals surface area (Å²) in [6, 6.07) is 4.07. The molecule has 6 nitrogen and oxygen atoms in total. The van der Waals surface area contributed by atoms with Gasteiger partial charge in [0.2, 0.25) is 5.91 Å². The third-order valence-corrected chi connectivity index (χ3v) is 4.05. The van der Waals surface area contributed by atoms with Crippen molar-refractivity contribution in [3.63, 3.8) is 0 Å². The highest BCUT2D eigenvalue weighted by Crippen LogP contribution is 2.31. The number of aromatic nitrogens is 1. The van der Waals surface area contributed by atoms with Crippen LogP contribution in [0.2, 0.25) is 5.15 Å². The normalized spacial score (nSPS) is 16.4. The molecule has 1 aromatic heterocycles. The van der Waals surface area contributed by atoms with Gasteiger partial charge in [-0.15, -0.1) is 0 Å². The Morgan fingerprint density at radius 1 is 1.38 bits per heavy atom. The number of hydrogen-bond donors (Lipinski definition) is 2. The van der Waals surface area contributed by atoms with Crippen LogP contribution in [0.1, 0.15) is 5.56 Å². The summed E-state index contributed by atoms with van der Waals surface area (Å²) in [6.45, 7) is 0. The fourth-order valence-corrected chi connectivity index (χ4v) is 2.73. The third kappa shape index (κ3) is 3.47. The molecule has 26 heavy (non-hydrogen) atoms. The molecule has 1 unspecified atom stereocenters. The Kier molecular flexibility index (Phi) is 5.06. The summed E-state index contributed by atoms with van der Waals surface area (Å²) in [5, 5.41) is 4.12. The molecule has 0 bridgehead atoms. The average Bonchev–Trinajstić information content (AvgIpc) is 2.99. The zero-order valence-corrected chi connectivity index (χ0v) is 14.6. The number of nitrogens with zero attached hydrogens (tertiary/aromatic N) is 2.